The van der Waals surface area contributed by atoms with Crippen LogP contribution in [-0.2, 0) is 4.79 Å². The van der Waals surface area contributed by atoms with Gasteiger partial charge in [-0.25, -0.2) is 4.98 Å². The summed E-state index contributed by atoms with van der Waals surface area (Å²) in [6.45, 7) is 4.76. The molecule has 1 N–H and O–H groups in total. The van der Waals surface area contributed by atoms with Crippen LogP contribution < -0.4 is 20.3 Å². The van der Waals surface area contributed by atoms with Crippen molar-refractivity contribution in [2.45, 2.75) is 19.0 Å². The minimum absolute atomic E-state index is 0.0576. The Morgan fingerprint density at radius 2 is 1.71 bits per heavy atom. The average molecular weight is 476 g/mol. The lowest BCUT2D eigenvalue weighted by molar-refractivity contribution is -0.113. The van der Waals surface area contributed by atoms with Crippen LogP contribution in [0.15, 0.2) is 82.7 Å². The minimum atomic E-state index is -0.248. The second kappa shape index (κ2) is 10.9. The van der Waals surface area contributed by atoms with Gasteiger partial charge in [-0.3, -0.25) is 14.2 Å². The molecule has 0 fully saturated rings. The van der Waals surface area contributed by atoms with Gasteiger partial charge in [0.25, 0.3) is 5.56 Å². The number of nitrogens with one attached hydrogen (secondary N) is 1. The summed E-state index contributed by atoms with van der Waals surface area (Å²) in [4.78, 5) is 30.8. The molecule has 0 atom stereocenters. The Kier molecular flexibility index (Phi) is 7.49. The lowest BCUT2D eigenvalue weighted by Crippen LogP contribution is -2.23. The quantitative estimate of drug-likeness (QED) is 0.274. The first-order valence-corrected chi connectivity index (χ1v) is 12.0. The monoisotopic (exact) mass is 475 g/mol. The van der Waals surface area contributed by atoms with E-state index in [1.165, 1.54) is 11.8 Å². The third kappa shape index (κ3) is 5.23. The van der Waals surface area contributed by atoms with E-state index >= 15 is 0 Å². The zero-order valence-corrected chi connectivity index (χ0v) is 19.8. The van der Waals surface area contributed by atoms with Crippen molar-refractivity contribution in [3.05, 3.63) is 83.2 Å². The van der Waals surface area contributed by atoms with Crippen LogP contribution in [0.5, 0.6) is 11.5 Å². The largest absolute Gasteiger partial charge is 0.494 e. The zero-order valence-electron chi connectivity index (χ0n) is 19.0. The fourth-order valence-electron chi connectivity index (χ4n) is 3.47. The normalized spacial score (nSPS) is 10.8. The van der Waals surface area contributed by atoms with Gasteiger partial charge >= 0.3 is 0 Å². The van der Waals surface area contributed by atoms with Crippen molar-refractivity contribution in [3.8, 4) is 17.2 Å². The van der Waals surface area contributed by atoms with Crippen LogP contribution in [0.3, 0.4) is 0 Å². The molecule has 0 saturated carbocycles. The topological polar surface area (TPSA) is 82.5 Å². The van der Waals surface area contributed by atoms with Gasteiger partial charge in [-0.1, -0.05) is 42.1 Å². The Morgan fingerprint density at radius 3 is 2.47 bits per heavy atom. The number of anilines is 1. The molecule has 0 aliphatic rings. The summed E-state index contributed by atoms with van der Waals surface area (Å²) in [5, 5.41) is 3.86. The van der Waals surface area contributed by atoms with Crippen LogP contribution in [0.4, 0.5) is 5.69 Å². The number of carbonyl (C=O) groups is 1. The molecule has 0 aliphatic carbocycles. The third-order valence-electron chi connectivity index (χ3n) is 4.93. The van der Waals surface area contributed by atoms with E-state index in [2.05, 4.69) is 10.3 Å². The summed E-state index contributed by atoms with van der Waals surface area (Å²) in [6, 6.07) is 21.8. The molecular formula is C26H25N3O4S. The summed E-state index contributed by atoms with van der Waals surface area (Å²) >= 11 is 1.20. The van der Waals surface area contributed by atoms with Gasteiger partial charge in [-0.2, -0.15) is 0 Å². The van der Waals surface area contributed by atoms with Crippen LogP contribution in [-0.4, -0.2) is 34.4 Å². The van der Waals surface area contributed by atoms with Gasteiger partial charge < -0.3 is 14.8 Å². The van der Waals surface area contributed by atoms with Crippen LogP contribution in [0, 0.1) is 0 Å². The molecule has 174 valence electrons. The van der Waals surface area contributed by atoms with Crippen molar-refractivity contribution in [2.75, 3.05) is 24.3 Å². The summed E-state index contributed by atoms with van der Waals surface area (Å²) in [5.74, 6) is 1.01. The summed E-state index contributed by atoms with van der Waals surface area (Å²) in [5.41, 5.74) is 1.63. The van der Waals surface area contributed by atoms with E-state index in [1.807, 2.05) is 56.3 Å². The van der Waals surface area contributed by atoms with Gasteiger partial charge in [-0.05, 0) is 50.2 Å². The van der Waals surface area contributed by atoms with Crippen molar-refractivity contribution in [1.82, 2.24) is 9.55 Å². The summed E-state index contributed by atoms with van der Waals surface area (Å²) in [6.07, 6.45) is 0. The number of ether oxygens (including phenoxy) is 2. The number of rotatable bonds is 9. The van der Waals surface area contributed by atoms with Gasteiger partial charge in [0.15, 0.2) is 5.16 Å². The van der Waals surface area contributed by atoms with Gasteiger partial charge in [0, 0.05) is 6.07 Å². The number of nitrogens with zero attached hydrogens (tertiary/aromatic N) is 2. The van der Waals surface area contributed by atoms with E-state index < -0.39 is 0 Å². The molecule has 1 aromatic heterocycles. The van der Waals surface area contributed by atoms with E-state index in [0.29, 0.717) is 52.1 Å². The number of hydrogen-bond acceptors (Lipinski definition) is 6. The van der Waals surface area contributed by atoms with E-state index in [4.69, 9.17) is 9.47 Å². The number of fused-ring (bicyclic) bond motifs is 1. The number of carbonyl (C=O) groups excluding carboxylic acids is 1. The molecule has 4 aromatic rings. The summed E-state index contributed by atoms with van der Waals surface area (Å²) < 4.78 is 12.7. The first-order chi connectivity index (χ1) is 16.6. The van der Waals surface area contributed by atoms with E-state index in [9.17, 15) is 9.59 Å². The Labute approximate surface area is 201 Å². The predicted molar refractivity (Wildman–Crippen MR) is 135 cm³/mol. The maximum absolute atomic E-state index is 13.3. The molecule has 3 aromatic carbocycles. The van der Waals surface area contributed by atoms with Crippen LogP contribution in [0.25, 0.3) is 16.6 Å². The van der Waals surface area contributed by atoms with Gasteiger partial charge in [0.05, 0.1) is 41.2 Å². The second-order valence-corrected chi connectivity index (χ2v) is 8.19. The van der Waals surface area contributed by atoms with Crippen molar-refractivity contribution in [2.24, 2.45) is 0 Å². The van der Waals surface area contributed by atoms with Crippen LogP contribution in [0.1, 0.15) is 13.8 Å². The standard InChI is InChI=1S/C26H25N3O4S/c1-3-32-19-14-15-23(33-4-2)22(16-19)27-24(30)17-34-26-28-21-13-9-8-12-20(21)25(31)29(26)18-10-6-5-7-11-18/h5-16H,3-4,17H2,1-2H3,(H,27,30). The molecule has 0 aliphatic heterocycles. The van der Waals surface area contributed by atoms with Crippen LogP contribution >= 0.6 is 11.8 Å². The molecule has 7 nitrogen and oxygen atoms in total. The number of para-hydroxylation sites is 2. The SMILES string of the molecule is CCOc1ccc(OCC)c(NC(=O)CSc2nc3ccccc3c(=O)n2-c2ccccc2)c1. The first kappa shape index (κ1) is 23.4. The lowest BCUT2D eigenvalue weighted by Gasteiger charge is -2.15. The highest BCUT2D eigenvalue weighted by molar-refractivity contribution is 7.99. The smallest absolute Gasteiger partial charge is 0.266 e. The third-order valence-corrected chi connectivity index (χ3v) is 5.87. The molecule has 1 amide bonds. The molecule has 0 radical (unpaired) electrons. The maximum Gasteiger partial charge on any atom is 0.266 e. The number of amides is 1. The molecule has 34 heavy (non-hydrogen) atoms. The van der Waals surface area contributed by atoms with Gasteiger partial charge in [-0.15, -0.1) is 0 Å². The first-order valence-electron chi connectivity index (χ1n) is 11.0. The lowest BCUT2D eigenvalue weighted by atomic mass is 10.2. The fraction of sp³-hybridized carbons (Fsp3) is 0.192. The highest BCUT2D eigenvalue weighted by atomic mass is 32.2. The maximum atomic E-state index is 13.3. The van der Waals surface area contributed by atoms with E-state index in [0.717, 1.165) is 0 Å². The number of thioether (sulfide) groups is 1. The molecular weight excluding hydrogens is 450 g/mol. The molecule has 0 saturated heterocycles. The molecule has 1 heterocycles. The average Bonchev–Trinajstić information content (AvgIpc) is 2.85. The zero-order chi connectivity index (χ0) is 23.9. The molecule has 4 rings (SSSR count). The molecule has 8 heteroatoms. The van der Waals surface area contributed by atoms with Gasteiger partial charge in [0.1, 0.15) is 11.5 Å². The number of aromatic nitrogens is 2. The highest BCUT2D eigenvalue weighted by Gasteiger charge is 2.16. The molecule has 0 bridgehead atoms. The Bertz CT molecular complexity index is 1360. The fourth-order valence-corrected chi connectivity index (χ4v) is 4.29. The second-order valence-electron chi connectivity index (χ2n) is 7.25. The van der Waals surface area contributed by atoms with Gasteiger partial charge in [0.2, 0.25) is 5.91 Å². The Balaban J connectivity index is 1.61. The summed E-state index contributed by atoms with van der Waals surface area (Å²) in [7, 11) is 0. The van der Waals surface area contributed by atoms with Crippen molar-refractivity contribution in [3.63, 3.8) is 0 Å². The Morgan fingerprint density at radius 1 is 0.971 bits per heavy atom. The molecule has 0 spiro atoms. The van der Waals surface area contributed by atoms with E-state index in [1.54, 1.807) is 34.9 Å². The van der Waals surface area contributed by atoms with Crippen molar-refractivity contribution >= 4 is 34.3 Å². The Hall–Kier alpha value is -3.78. The minimum Gasteiger partial charge on any atom is -0.494 e. The number of benzene rings is 3. The van der Waals surface area contributed by atoms with Crippen LogP contribution in [0.2, 0.25) is 0 Å². The highest BCUT2D eigenvalue weighted by Crippen LogP contribution is 2.30. The van der Waals surface area contributed by atoms with E-state index in [-0.39, 0.29) is 17.2 Å². The number of hydrogen-bond donors (Lipinski definition) is 1. The molecule has 0 unspecified atom stereocenters. The van der Waals surface area contributed by atoms with Crippen molar-refractivity contribution < 1.29 is 14.3 Å². The predicted octanol–water partition coefficient (Wildman–Crippen LogP) is 4.91. The van der Waals surface area contributed by atoms with Crippen molar-refractivity contribution in [1.29, 1.82) is 0 Å².